The zero-order valence-electron chi connectivity index (χ0n) is 19.5. The first-order valence-corrected chi connectivity index (χ1v) is 12.8. The monoisotopic (exact) mass is 469 g/mol. The number of piperazine rings is 1. The van der Waals surface area contributed by atoms with Crippen LogP contribution in [0.5, 0.6) is 0 Å². The quantitative estimate of drug-likeness (QED) is 0.676. The molecule has 1 N–H and O–H groups in total. The predicted molar refractivity (Wildman–Crippen MR) is 118 cm³/mol. The second kappa shape index (κ2) is 10.2. The van der Waals surface area contributed by atoms with E-state index in [-0.39, 0.29) is 22.8 Å². The summed E-state index contributed by atoms with van der Waals surface area (Å²) in [5, 5.41) is 6.67. The van der Waals surface area contributed by atoms with Gasteiger partial charge in [-0.25, -0.2) is 13.2 Å². The Kier molecular flexibility index (Phi) is 7.81. The summed E-state index contributed by atoms with van der Waals surface area (Å²) >= 11 is 0. The fourth-order valence-corrected chi connectivity index (χ4v) is 6.02. The summed E-state index contributed by atoms with van der Waals surface area (Å²) < 4.78 is 32.4. The third-order valence-electron chi connectivity index (χ3n) is 6.18. The van der Waals surface area contributed by atoms with Crippen molar-refractivity contribution in [2.45, 2.75) is 51.9 Å². The van der Waals surface area contributed by atoms with Crippen molar-refractivity contribution in [1.29, 1.82) is 0 Å². The number of nitrogens with zero attached hydrogens (tertiary/aromatic N) is 4. The second-order valence-electron chi connectivity index (χ2n) is 9.15. The lowest BCUT2D eigenvalue weighted by Gasteiger charge is -2.36. The van der Waals surface area contributed by atoms with Gasteiger partial charge in [-0.1, -0.05) is 19.0 Å². The number of hydrogen-bond donors (Lipinski definition) is 1. The van der Waals surface area contributed by atoms with Crippen LogP contribution < -0.4 is 5.32 Å². The zero-order valence-corrected chi connectivity index (χ0v) is 20.3. The first-order valence-electron chi connectivity index (χ1n) is 11.3. The minimum Gasteiger partial charge on any atom is -0.360 e. The molecule has 1 aromatic rings. The Morgan fingerprint density at radius 2 is 1.66 bits per heavy atom. The van der Waals surface area contributed by atoms with Gasteiger partial charge in [-0.3, -0.25) is 4.79 Å². The Morgan fingerprint density at radius 3 is 2.19 bits per heavy atom. The first-order chi connectivity index (χ1) is 15.1. The molecule has 0 bridgehead atoms. The van der Waals surface area contributed by atoms with Crippen LogP contribution in [-0.4, -0.2) is 85.4 Å². The molecule has 10 nitrogen and oxygen atoms in total. The number of amides is 3. The van der Waals surface area contributed by atoms with Gasteiger partial charge in [0.15, 0.2) is 5.76 Å². The summed E-state index contributed by atoms with van der Waals surface area (Å²) in [6.07, 6.45) is 1.70. The smallest absolute Gasteiger partial charge is 0.317 e. The van der Waals surface area contributed by atoms with Crippen molar-refractivity contribution in [1.82, 2.24) is 24.6 Å². The topological polar surface area (TPSA) is 116 Å². The lowest BCUT2D eigenvalue weighted by Crippen LogP contribution is -2.53. The summed E-state index contributed by atoms with van der Waals surface area (Å²) in [5.74, 6) is 0.940. The Bertz CT molecular complexity index is 894. The number of urea groups is 1. The van der Waals surface area contributed by atoms with E-state index in [1.54, 1.807) is 18.7 Å². The van der Waals surface area contributed by atoms with Gasteiger partial charge in [-0.05, 0) is 38.5 Å². The summed E-state index contributed by atoms with van der Waals surface area (Å²) in [6, 6.07) is -0.0716. The minimum atomic E-state index is -3.64. The molecule has 0 atom stereocenters. The van der Waals surface area contributed by atoms with Crippen LogP contribution in [-0.2, 0) is 14.8 Å². The van der Waals surface area contributed by atoms with Gasteiger partial charge in [-0.15, -0.1) is 0 Å². The Hall–Kier alpha value is -2.14. The van der Waals surface area contributed by atoms with Gasteiger partial charge in [0.05, 0.1) is 0 Å². The van der Waals surface area contributed by atoms with Crippen LogP contribution in [0.15, 0.2) is 9.42 Å². The second-order valence-corrected chi connectivity index (χ2v) is 11.0. The fourth-order valence-electron chi connectivity index (χ4n) is 4.26. The molecule has 2 aliphatic heterocycles. The highest BCUT2D eigenvalue weighted by molar-refractivity contribution is 7.89. The van der Waals surface area contributed by atoms with Gasteiger partial charge >= 0.3 is 6.03 Å². The summed E-state index contributed by atoms with van der Waals surface area (Å²) in [6.45, 7) is 10.9. The largest absolute Gasteiger partial charge is 0.360 e. The van der Waals surface area contributed by atoms with Gasteiger partial charge in [0.1, 0.15) is 10.6 Å². The maximum Gasteiger partial charge on any atom is 0.317 e. The number of carbonyl (C=O) groups is 2. The molecule has 0 spiro atoms. The van der Waals surface area contributed by atoms with E-state index in [2.05, 4.69) is 10.5 Å². The molecule has 0 radical (unpaired) electrons. The average Bonchev–Trinajstić information content (AvgIpc) is 3.11. The van der Waals surface area contributed by atoms with Crippen molar-refractivity contribution in [3.63, 3.8) is 0 Å². The first kappa shape index (κ1) is 24.5. The molecular weight excluding hydrogens is 434 g/mol. The van der Waals surface area contributed by atoms with Crippen molar-refractivity contribution < 1.29 is 22.5 Å². The number of aryl methyl sites for hydroxylation is 2. The molecule has 11 heteroatoms. The summed E-state index contributed by atoms with van der Waals surface area (Å²) in [7, 11) is -3.64. The zero-order chi connectivity index (χ0) is 23.5. The van der Waals surface area contributed by atoms with Gasteiger partial charge in [-0.2, -0.15) is 4.31 Å². The van der Waals surface area contributed by atoms with Crippen LogP contribution in [0.3, 0.4) is 0 Å². The molecule has 2 saturated heterocycles. The van der Waals surface area contributed by atoms with Crippen LogP contribution in [0.1, 0.15) is 44.6 Å². The number of rotatable bonds is 6. The summed E-state index contributed by atoms with van der Waals surface area (Å²) in [5.41, 5.74) is 0.372. The van der Waals surface area contributed by atoms with Crippen LogP contribution in [0.4, 0.5) is 4.79 Å². The van der Waals surface area contributed by atoms with E-state index in [1.165, 1.54) is 4.31 Å². The van der Waals surface area contributed by atoms with Gasteiger partial charge in [0.25, 0.3) is 0 Å². The van der Waals surface area contributed by atoms with Gasteiger partial charge in [0.2, 0.25) is 15.9 Å². The molecule has 1 aromatic heterocycles. The number of hydrogen-bond acceptors (Lipinski definition) is 6. The molecule has 2 aliphatic rings. The molecule has 2 fully saturated rings. The van der Waals surface area contributed by atoms with Crippen molar-refractivity contribution in [2.75, 3.05) is 45.8 Å². The van der Waals surface area contributed by atoms with E-state index in [0.717, 1.165) is 0 Å². The molecule has 3 rings (SSSR count). The molecule has 0 aliphatic carbocycles. The number of piperidine rings is 1. The standard InChI is InChI=1S/C21H35N5O5S/c1-15(2)14-22-21(28)25-11-9-24(10-12-25)19(27)13-18-5-7-26(8-6-18)32(29,30)20-16(3)23-31-17(20)4/h15,18H,5-14H2,1-4H3,(H,22,28). The highest BCUT2D eigenvalue weighted by atomic mass is 32.2. The van der Waals surface area contributed by atoms with Gasteiger partial charge in [0, 0.05) is 52.2 Å². The van der Waals surface area contributed by atoms with E-state index < -0.39 is 10.0 Å². The molecule has 0 aromatic carbocycles. The number of carbonyl (C=O) groups excluding carboxylic acids is 2. The Morgan fingerprint density at radius 1 is 1.06 bits per heavy atom. The maximum absolute atomic E-state index is 12.9. The van der Waals surface area contributed by atoms with Crippen molar-refractivity contribution in [3.8, 4) is 0 Å². The molecular formula is C21H35N5O5S. The molecule has 32 heavy (non-hydrogen) atoms. The number of sulfonamides is 1. The molecule has 3 amide bonds. The van der Waals surface area contributed by atoms with Crippen LogP contribution in [0, 0.1) is 25.7 Å². The molecule has 180 valence electrons. The van der Waals surface area contributed by atoms with E-state index in [9.17, 15) is 18.0 Å². The minimum absolute atomic E-state index is 0.0716. The van der Waals surface area contributed by atoms with E-state index in [4.69, 9.17) is 4.52 Å². The SMILES string of the molecule is Cc1noc(C)c1S(=O)(=O)N1CCC(CC(=O)N2CCN(C(=O)NCC(C)C)CC2)CC1. The van der Waals surface area contributed by atoms with E-state index >= 15 is 0 Å². The third-order valence-corrected chi connectivity index (χ3v) is 8.33. The van der Waals surface area contributed by atoms with E-state index in [1.807, 2.05) is 18.7 Å². The lowest BCUT2D eigenvalue weighted by atomic mass is 9.94. The predicted octanol–water partition coefficient (Wildman–Crippen LogP) is 1.59. The molecule has 0 saturated carbocycles. The highest BCUT2D eigenvalue weighted by Gasteiger charge is 2.35. The maximum atomic E-state index is 12.9. The lowest BCUT2D eigenvalue weighted by molar-refractivity contribution is -0.133. The third kappa shape index (κ3) is 5.61. The summed E-state index contributed by atoms with van der Waals surface area (Å²) in [4.78, 5) is 28.7. The average molecular weight is 470 g/mol. The van der Waals surface area contributed by atoms with Crippen LogP contribution in [0.25, 0.3) is 0 Å². The molecule has 3 heterocycles. The van der Waals surface area contributed by atoms with Crippen LogP contribution >= 0.6 is 0 Å². The van der Waals surface area contributed by atoms with Crippen molar-refractivity contribution in [3.05, 3.63) is 11.5 Å². The van der Waals surface area contributed by atoms with Crippen LogP contribution in [0.2, 0.25) is 0 Å². The normalized spacial score (nSPS) is 18.9. The highest BCUT2D eigenvalue weighted by Crippen LogP contribution is 2.29. The Balaban J connectivity index is 1.45. The van der Waals surface area contributed by atoms with E-state index in [0.29, 0.717) is 82.4 Å². The van der Waals surface area contributed by atoms with Gasteiger partial charge < -0.3 is 19.6 Å². The van der Waals surface area contributed by atoms with Crippen molar-refractivity contribution >= 4 is 22.0 Å². The number of nitrogens with one attached hydrogen (secondary N) is 1. The number of aromatic nitrogens is 1. The Labute approximate surface area is 190 Å². The van der Waals surface area contributed by atoms with Crippen molar-refractivity contribution in [2.24, 2.45) is 11.8 Å². The molecule has 0 unspecified atom stereocenters. The fraction of sp³-hybridized carbons (Fsp3) is 0.762.